The third kappa shape index (κ3) is 3.55. The number of hydrogen-bond donors (Lipinski definition) is 1. The molecule has 2 aromatic rings. The van der Waals surface area contributed by atoms with Gasteiger partial charge in [-0.1, -0.05) is 0 Å². The van der Waals surface area contributed by atoms with Crippen LogP contribution in [-0.4, -0.2) is 53.2 Å². The molecule has 1 aliphatic rings. The fraction of sp³-hybridized carbons (Fsp3) is 0.389. The molecule has 8 heteroatoms. The van der Waals surface area contributed by atoms with Gasteiger partial charge < -0.3 is 19.7 Å². The van der Waals surface area contributed by atoms with E-state index in [0.29, 0.717) is 5.69 Å². The smallest absolute Gasteiger partial charge is 0.330 e. The van der Waals surface area contributed by atoms with Crippen LogP contribution in [0.4, 0.5) is 11.4 Å². The summed E-state index contributed by atoms with van der Waals surface area (Å²) in [5.74, 6) is -0.534. The molecule has 8 nitrogen and oxygen atoms in total. The van der Waals surface area contributed by atoms with E-state index in [9.17, 15) is 14.4 Å². The zero-order valence-corrected chi connectivity index (χ0v) is 15.2. The predicted molar refractivity (Wildman–Crippen MR) is 101 cm³/mol. The number of nitrogens with one attached hydrogen (secondary N) is 1. The molecule has 1 aromatic carbocycles. The van der Waals surface area contributed by atoms with E-state index in [0.717, 1.165) is 36.4 Å². The van der Waals surface area contributed by atoms with Crippen LogP contribution in [0.1, 0.15) is 10.4 Å². The zero-order valence-electron chi connectivity index (χ0n) is 15.2. The highest BCUT2D eigenvalue weighted by atomic mass is 16.2. The van der Waals surface area contributed by atoms with Gasteiger partial charge in [0.2, 0.25) is 0 Å². The van der Waals surface area contributed by atoms with Crippen molar-refractivity contribution in [3.63, 3.8) is 0 Å². The number of piperazine rings is 1. The van der Waals surface area contributed by atoms with Crippen LogP contribution in [-0.2, 0) is 14.1 Å². The third-order valence-corrected chi connectivity index (χ3v) is 4.68. The lowest BCUT2D eigenvalue weighted by molar-refractivity contribution is 0.102. The Hall–Kier alpha value is -2.87. The van der Waals surface area contributed by atoms with Crippen molar-refractivity contribution in [1.82, 2.24) is 14.0 Å². The first kappa shape index (κ1) is 17.9. The molecule has 0 bridgehead atoms. The summed E-state index contributed by atoms with van der Waals surface area (Å²) in [6.45, 7) is 3.98. The van der Waals surface area contributed by atoms with Crippen LogP contribution in [0.2, 0.25) is 0 Å². The van der Waals surface area contributed by atoms with Crippen LogP contribution in [0.25, 0.3) is 0 Å². The molecule has 0 saturated carbocycles. The molecule has 0 spiro atoms. The molecule has 1 fully saturated rings. The Morgan fingerprint density at radius 2 is 1.58 bits per heavy atom. The van der Waals surface area contributed by atoms with Crippen molar-refractivity contribution in [3.05, 3.63) is 56.9 Å². The van der Waals surface area contributed by atoms with Crippen molar-refractivity contribution < 1.29 is 4.79 Å². The maximum atomic E-state index is 12.4. The van der Waals surface area contributed by atoms with Crippen LogP contribution in [0.15, 0.2) is 40.1 Å². The van der Waals surface area contributed by atoms with Gasteiger partial charge in [0.1, 0.15) is 5.56 Å². The van der Waals surface area contributed by atoms with Crippen molar-refractivity contribution in [2.24, 2.45) is 14.1 Å². The number of benzene rings is 1. The second kappa shape index (κ2) is 7.17. The van der Waals surface area contributed by atoms with Gasteiger partial charge in [0, 0.05) is 57.8 Å². The van der Waals surface area contributed by atoms with Crippen molar-refractivity contribution in [3.8, 4) is 0 Å². The van der Waals surface area contributed by atoms with Gasteiger partial charge in [-0.3, -0.25) is 14.2 Å². The first-order chi connectivity index (χ1) is 12.4. The summed E-state index contributed by atoms with van der Waals surface area (Å²) in [7, 11) is 4.97. The molecule has 0 unspecified atom stereocenters. The van der Waals surface area contributed by atoms with Crippen molar-refractivity contribution in [2.45, 2.75) is 0 Å². The molecule has 1 saturated heterocycles. The van der Waals surface area contributed by atoms with Gasteiger partial charge in [0.05, 0.1) is 0 Å². The Bertz CT molecular complexity index is 921. The Kier molecular flexibility index (Phi) is 4.94. The number of aromatic nitrogens is 2. The fourth-order valence-electron chi connectivity index (χ4n) is 2.98. The lowest BCUT2D eigenvalue weighted by Crippen LogP contribution is -2.44. The van der Waals surface area contributed by atoms with E-state index in [1.54, 1.807) is 0 Å². The van der Waals surface area contributed by atoms with Gasteiger partial charge in [0.15, 0.2) is 0 Å². The van der Waals surface area contributed by atoms with E-state index in [-0.39, 0.29) is 5.56 Å². The monoisotopic (exact) mass is 357 g/mol. The van der Waals surface area contributed by atoms with Gasteiger partial charge in [-0.05, 0) is 31.3 Å². The minimum absolute atomic E-state index is 0.0715. The minimum Gasteiger partial charge on any atom is -0.369 e. The highest BCUT2D eigenvalue weighted by molar-refractivity contribution is 6.03. The molecule has 138 valence electrons. The standard InChI is InChI=1S/C18H23N5O3/c1-20-8-10-23(11-9-20)14-6-4-13(5-7-14)19-16(24)15-12-21(2)18(26)22(3)17(15)25/h4-7,12H,8-11H2,1-3H3,(H,19,24). The highest BCUT2D eigenvalue weighted by Crippen LogP contribution is 2.19. The fourth-order valence-corrected chi connectivity index (χ4v) is 2.98. The average molecular weight is 357 g/mol. The number of anilines is 2. The van der Waals surface area contributed by atoms with Crippen LogP contribution in [0.3, 0.4) is 0 Å². The molecule has 3 rings (SSSR count). The number of hydrogen-bond acceptors (Lipinski definition) is 5. The second-order valence-corrected chi connectivity index (χ2v) is 6.59. The summed E-state index contributed by atoms with van der Waals surface area (Å²) in [5, 5.41) is 2.72. The second-order valence-electron chi connectivity index (χ2n) is 6.59. The number of nitrogens with zero attached hydrogens (tertiary/aromatic N) is 4. The van der Waals surface area contributed by atoms with E-state index < -0.39 is 17.2 Å². The maximum Gasteiger partial charge on any atom is 0.330 e. The molecule has 0 aliphatic carbocycles. The van der Waals surface area contributed by atoms with Crippen molar-refractivity contribution >= 4 is 17.3 Å². The van der Waals surface area contributed by atoms with Gasteiger partial charge >= 0.3 is 5.69 Å². The molecule has 0 radical (unpaired) electrons. The number of aryl methyl sites for hydroxylation is 1. The largest absolute Gasteiger partial charge is 0.369 e. The number of carbonyl (C=O) groups excluding carboxylic acids is 1. The van der Waals surface area contributed by atoms with E-state index in [1.807, 2.05) is 24.3 Å². The SMILES string of the molecule is CN1CCN(c2ccc(NC(=O)c3cn(C)c(=O)n(C)c3=O)cc2)CC1. The topological polar surface area (TPSA) is 79.6 Å². The normalized spacial score (nSPS) is 15.1. The lowest BCUT2D eigenvalue weighted by Gasteiger charge is -2.34. The van der Waals surface area contributed by atoms with Gasteiger partial charge in [-0.25, -0.2) is 4.79 Å². The van der Waals surface area contributed by atoms with Crippen LogP contribution >= 0.6 is 0 Å². The molecule has 2 heterocycles. The Morgan fingerprint density at radius 1 is 0.962 bits per heavy atom. The summed E-state index contributed by atoms with van der Waals surface area (Å²) < 4.78 is 2.14. The predicted octanol–water partition coefficient (Wildman–Crippen LogP) is 0.0881. The molecule has 0 atom stereocenters. The molecular weight excluding hydrogens is 334 g/mol. The average Bonchev–Trinajstić information content (AvgIpc) is 2.64. The summed E-state index contributed by atoms with van der Waals surface area (Å²) in [6, 6.07) is 7.55. The first-order valence-corrected chi connectivity index (χ1v) is 8.48. The number of carbonyl (C=O) groups is 1. The number of amides is 1. The summed E-state index contributed by atoms with van der Waals surface area (Å²) in [4.78, 5) is 40.9. The molecule has 1 N–H and O–H groups in total. The minimum atomic E-state index is -0.611. The maximum absolute atomic E-state index is 12.4. The lowest BCUT2D eigenvalue weighted by atomic mass is 10.2. The summed E-state index contributed by atoms with van der Waals surface area (Å²) in [6.07, 6.45) is 1.26. The van der Waals surface area contributed by atoms with E-state index >= 15 is 0 Å². The molecule has 1 aliphatic heterocycles. The van der Waals surface area contributed by atoms with E-state index in [4.69, 9.17) is 0 Å². The summed E-state index contributed by atoms with van der Waals surface area (Å²) >= 11 is 0. The summed E-state index contributed by atoms with van der Waals surface area (Å²) in [5.41, 5.74) is 0.554. The van der Waals surface area contributed by atoms with Crippen molar-refractivity contribution in [2.75, 3.05) is 43.4 Å². The quantitative estimate of drug-likeness (QED) is 0.842. The first-order valence-electron chi connectivity index (χ1n) is 8.48. The van der Waals surface area contributed by atoms with Gasteiger partial charge in [0.25, 0.3) is 11.5 Å². The van der Waals surface area contributed by atoms with Crippen LogP contribution in [0, 0.1) is 0 Å². The Labute approximate surface area is 151 Å². The van der Waals surface area contributed by atoms with Crippen molar-refractivity contribution in [1.29, 1.82) is 0 Å². The van der Waals surface area contributed by atoms with E-state index in [1.165, 1.54) is 24.9 Å². The van der Waals surface area contributed by atoms with Crippen LogP contribution < -0.4 is 21.5 Å². The number of likely N-dealkylation sites (N-methyl/N-ethyl adjacent to an activating group) is 1. The molecule has 1 amide bonds. The third-order valence-electron chi connectivity index (χ3n) is 4.68. The number of rotatable bonds is 3. The van der Waals surface area contributed by atoms with Gasteiger partial charge in [-0.2, -0.15) is 0 Å². The van der Waals surface area contributed by atoms with Crippen LogP contribution in [0.5, 0.6) is 0 Å². The zero-order chi connectivity index (χ0) is 18.8. The highest BCUT2D eigenvalue weighted by Gasteiger charge is 2.16. The van der Waals surface area contributed by atoms with E-state index in [2.05, 4.69) is 22.2 Å². The molecular formula is C18H23N5O3. The molecule has 1 aromatic heterocycles. The Morgan fingerprint density at radius 3 is 2.19 bits per heavy atom. The Balaban J connectivity index is 1.74. The molecule has 26 heavy (non-hydrogen) atoms. The van der Waals surface area contributed by atoms with Gasteiger partial charge in [-0.15, -0.1) is 0 Å².